The third-order valence-electron chi connectivity index (χ3n) is 3.23. The van der Waals surface area contributed by atoms with Crippen LogP contribution in [0.2, 0.25) is 0 Å². The first kappa shape index (κ1) is 14.8. The molecule has 0 radical (unpaired) electrons. The topological polar surface area (TPSA) is 84.7 Å². The molecule has 0 aromatic carbocycles. The molecule has 0 aliphatic heterocycles. The molecule has 0 amide bonds. The molecule has 1 fully saturated rings. The lowest BCUT2D eigenvalue weighted by Crippen LogP contribution is -2.47. The number of hydrogen-bond donors (Lipinski definition) is 2. The number of rotatable bonds is 6. The van der Waals surface area contributed by atoms with Crippen molar-refractivity contribution < 1.29 is 13.2 Å². The molecule has 0 spiro atoms. The molecule has 1 aliphatic carbocycles. The Morgan fingerprint density at radius 1 is 1.35 bits per heavy atom. The van der Waals surface area contributed by atoms with Crippen LogP contribution in [-0.4, -0.2) is 52.1 Å². The lowest BCUT2D eigenvalue weighted by molar-refractivity contribution is 0.202. The molecular weight excluding hydrogens is 242 g/mol. The zero-order chi connectivity index (χ0) is 12.9. The van der Waals surface area contributed by atoms with Gasteiger partial charge in [-0.1, -0.05) is 0 Å². The van der Waals surface area contributed by atoms with Gasteiger partial charge in [0.25, 0.3) is 10.2 Å². The van der Waals surface area contributed by atoms with Gasteiger partial charge < -0.3 is 10.5 Å². The number of methoxy groups -OCH3 is 1. The standard InChI is InChI=1S/C10H23N3O3S/c1-13(10-5-3-9(11)4-6-10)17(14,15)12-7-8-16-2/h9-10,12H,3-8,11H2,1-2H3. The lowest BCUT2D eigenvalue weighted by Gasteiger charge is -2.32. The minimum Gasteiger partial charge on any atom is -0.383 e. The minimum atomic E-state index is -3.39. The maximum absolute atomic E-state index is 11.9. The van der Waals surface area contributed by atoms with E-state index in [1.165, 1.54) is 4.31 Å². The molecule has 102 valence electrons. The highest BCUT2D eigenvalue weighted by molar-refractivity contribution is 7.87. The van der Waals surface area contributed by atoms with Crippen LogP contribution in [0.3, 0.4) is 0 Å². The summed E-state index contributed by atoms with van der Waals surface area (Å²) in [5, 5.41) is 0. The summed E-state index contributed by atoms with van der Waals surface area (Å²) in [5.74, 6) is 0. The second kappa shape index (κ2) is 6.65. The normalized spacial score (nSPS) is 26.4. The average Bonchev–Trinajstić information content (AvgIpc) is 2.29. The Hall–Kier alpha value is -0.210. The van der Waals surface area contributed by atoms with E-state index >= 15 is 0 Å². The monoisotopic (exact) mass is 265 g/mol. The van der Waals surface area contributed by atoms with E-state index in [0.29, 0.717) is 13.2 Å². The van der Waals surface area contributed by atoms with Gasteiger partial charge in [-0.05, 0) is 25.7 Å². The second-order valence-corrected chi connectivity index (χ2v) is 6.29. The van der Waals surface area contributed by atoms with E-state index in [-0.39, 0.29) is 12.1 Å². The number of hydrogen-bond acceptors (Lipinski definition) is 4. The van der Waals surface area contributed by atoms with Gasteiger partial charge in [-0.2, -0.15) is 17.4 Å². The molecule has 7 heteroatoms. The van der Waals surface area contributed by atoms with Crippen molar-refractivity contribution in [1.82, 2.24) is 9.03 Å². The van der Waals surface area contributed by atoms with Crippen LogP contribution in [0.1, 0.15) is 25.7 Å². The number of ether oxygens (including phenoxy) is 1. The maximum atomic E-state index is 11.9. The van der Waals surface area contributed by atoms with Gasteiger partial charge in [-0.3, -0.25) is 0 Å². The summed E-state index contributed by atoms with van der Waals surface area (Å²) in [7, 11) is -0.223. The molecule has 0 heterocycles. The molecule has 1 aliphatic rings. The first-order valence-corrected chi connectivity index (χ1v) is 7.38. The number of nitrogens with one attached hydrogen (secondary N) is 1. The summed E-state index contributed by atoms with van der Waals surface area (Å²) in [6.07, 6.45) is 3.46. The van der Waals surface area contributed by atoms with Gasteiger partial charge >= 0.3 is 0 Å². The zero-order valence-corrected chi connectivity index (χ0v) is 11.4. The van der Waals surface area contributed by atoms with Crippen LogP contribution in [0.4, 0.5) is 0 Å². The molecule has 0 aromatic rings. The molecule has 0 atom stereocenters. The van der Waals surface area contributed by atoms with E-state index in [2.05, 4.69) is 4.72 Å². The van der Waals surface area contributed by atoms with Crippen molar-refractivity contribution in [3.63, 3.8) is 0 Å². The molecule has 0 saturated heterocycles. The van der Waals surface area contributed by atoms with Crippen molar-refractivity contribution in [3.05, 3.63) is 0 Å². The van der Waals surface area contributed by atoms with E-state index in [1.807, 2.05) is 0 Å². The summed E-state index contributed by atoms with van der Waals surface area (Å²) in [5.41, 5.74) is 5.80. The first-order chi connectivity index (χ1) is 7.97. The van der Waals surface area contributed by atoms with Crippen molar-refractivity contribution in [1.29, 1.82) is 0 Å². The van der Waals surface area contributed by atoms with Crippen molar-refractivity contribution in [2.24, 2.45) is 5.73 Å². The highest BCUT2D eigenvalue weighted by atomic mass is 32.2. The molecule has 0 aromatic heterocycles. The summed E-state index contributed by atoms with van der Waals surface area (Å²) in [6, 6.07) is 0.290. The van der Waals surface area contributed by atoms with Crippen LogP contribution in [-0.2, 0) is 14.9 Å². The van der Waals surface area contributed by atoms with Crippen LogP contribution in [0.5, 0.6) is 0 Å². The SMILES string of the molecule is COCCNS(=O)(=O)N(C)C1CCC(N)CC1. The Morgan fingerprint density at radius 3 is 2.47 bits per heavy atom. The number of nitrogens with zero attached hydrogens (tertiary/aromatic N) is 1. The van der Waals surface area contributed by atoms with Crippen LogP contribution in [0.15, 0.2) is 0 Å². The first-order valence-electron chi connectivity index (χ1n) is 5.94. The van der Waals surface area contributed by atoms with E-state index in [4.69, 9.17) is 10.5 Å². The van der Waals surface area contributed by atoms with Crippen LogP contribution < -0.4 is 10.5 Å². The fourth-order valence-corrected chi connectivity index (χ4v) is 3.18. The Labute approximate surface area is 104 Å². The van der Waals surface area contributed by atoms with Crippen LogP contribution >= 0.6 is 0 Å². The van der Waals surface area contributed by atoms with Crippen molar-refractivity contribution in [2.45, 2.75) is 37.8 Å². The van der Waals surface area contributed by atoms with E-state index < -0.39 is 10.2 Å². The predicted octanol–water partition coefficient (Wildman–Crippen LogP) is -0.331. The predicted molar refractivity (Wildman–Crippen MR) is 66.8 cm³/mol. The summed E-state index contributed by atoms with van der Waals surface area (Å²) < 4.78 is 32.6. The third kappa shape index (κ3) is 4.51. The van der Waals surface area contributed by atoms with Gasteiger partial charge in [0, 0.05) is 32.8 Å². The Bertz CT molecular complexity index is 313. The maximum Gasteiger partial charge on any atom is 0.279 e. The molecular formula is C10H23N3O3S. The van der Waals surface area contributed by atoms with E-state index in [1.54, 1.807) is 14.2 Å². The summed E-state index contributed by atoms with van der Waals surface area (Å²) in [6.45, 7) is 0.679. The minimum absolute atomic E-state index is 0.0647. The van der Waals surface area contributed by atoms with Gasteiger partial charge in [0.2, 0.25) is 0 Å². The van der Waals surface area contributed by atoms with Crippen LogP contribution in [0.25, 0.3) is 0 Å². The summed E-state index contributed by atoms with van der Waals surface area (Å²) in [4.78, 5) is 0. The highest BCUT2D eigenvalue weighted by Crippen LogP contribution is 2.22. The fraction of sp³-hybridized carbons (Fsp3) is 1.00. The Kier molecular flexibility index (Phi) is 5.81. The second-order valence-electron chi connectivity index (χ2n) is 4.48. The molecule has 0 bridgehead atoms. The van der Waals surface area contributed by atoms with Crippen molar-refractivity contribution in [3.8, 4) is 0 Å². The highest BCUT2D eigenvalue weighted by Gasteiger charge is 2.28. The fourth-order valence-electron chi connectivity index (χ4n) is 2.04. The molecule has 1 saturated carbocycles. The summed E-state index contributed by atoms with van der Waals surface area (Å²) >= 11 is 0. The smallest absolute Gasteiger partial charge is 0.279 e. The molecule has 0 unspecified atom stereocenters. The van der Waals surface area contributed by atoms with Gasteiger partial charge in [-0.25, -0.2) is 0 Å². The van der Waals surface area contributed by atoms with E-state index in [0.717, 1.165) is 25.7 Å². The molecule has 1 rings (SSSR count). The van der Waals surface area contributed by atoms with E-state index in [9.17, 15) is 8.42 Å². The third-order valence-corrected chi connectivity index (χ3v) is 4.85. The van der Waals surface area contributed by atoms with Crippen LogP contribution in [0, 0.1) is 0 Å². The van der Waals surface area contributed by atoms with Crippen molar-refractivity contribution in [2.75, 3.05) is 27.3 Å². The molecule has 6 nitrogen and oxygen atoms in total. The van der Waals surface area contributed by atoms with Crippen molar-refractivity contribution >= 4 is 10.2 Å². The lowest BCUT2D eigenvalue weighted by atomic mass is 9.92. The Morgan fingerprint density at radius 2 is 1.94 bits per heavy atom. The van der Waals surface area contributed by atoms with Gasteiger partial charge in [0.1, 0.15) is 0 Å². The largest absolute Gasteiger partial charge is 0.383 e. The molecule has 3 N–H and O–H groups in total. The van der Waals surface area contributed by atoms with Gasteiger partial charge in [0.05, 0.1) is 6.61 Å². The number of nitrogens with two attached hydrogens (primary N) is 1. The van der Waals surface area contributed by atoms with Gasteiger partial charge in [0.15, 0.2) is 0 Å². The Balaban J connectivity index is 2.47. The van der Waals surface area contributed by atoms with Gasteiger partial charge in [-0.15, -0.1) is 0 Å². The average molecular weight is 265 g/mol. The molecule has 17 heavy (non-hydrogen) atoms. The zero-order valence-electron chi connectivity index (χ0n) is 10.6. The quantitative estimate of drug-likeness (QED) is 0.644.